The lowest BCUT2D eigenvalue weighted by molar-refractivity contribution is -0.132. The number of nitrogens with zero attached hydrogens (tertiary/aromatic N) is 4. The van der Waals surface area contributed by atoms with Crippen molar-refractivity contribution in [3.05, 3.63) is 24.8 Å². The lowest BCUT2D eigenvalue weighted by Crippen LogP contribution is -2.40. The molecule has 0 radical (unpaired) electrons. The van der Waals surface area contributed by atoms with Gasteiger partial charge in [0.1, 0.15) is 48.1 Å². The van der Waals surface area contributed by atoms with Crippen LogP contribution in [0.2, 0.25) is 0 Å². The standard InChI is InChI=1S/C21H23F2N5O11P2S/c22-13-11-4-35-41(33,42)39-17-12(37-21(14(17)23)28-7-27-15-19(24)25-6-26-20(15)28)5-34-40(31,32)38-18(13)16(36-11)9-2-1-8(29)3-10(9)30/h1-2,6-7,9,11-14,16-18,21H,3-5H2,(H,31,32)(H,33,42)(H2,24,25,26)/t9?,11-,12-,13-,14-,16+,17-,18-,21-,41?/m1/s1. The number of hydrogen-bond acceptors (Lipinski definition) is 14. The van der Waals surface area contributed by atoms with Crippen molar-refractivity contribution in [3.8, 4) is 0 Å². The number of phosphoric acid groups is 1. The molecule has 5 heterocycles. The smallest absolute Gasteiger partial charge is 0.382 e. The summed E-state index contributed by atoms with van der Waals surface area (Å²) in [7, 11) is -5.14. The number of nitrogen functional groups attached to an aromatic ring is 1. The zero-order valence-electron chi connectivity index (χ0n) is 21.1. The van der Waals surface area contributed by atoms with Gasteiger partial charge in [0.15, 0.2) is 35.8 Å². The first-order chi connectivity index (χ1) is 19.8. The maximum Gasteiger partial charge on any atom is 0.472 e. The minimum absolute atomic E-state index is 0.0188. The third-order valence-corrected chi connectivity index (χ3v) is 9.68. The van der Waals surface area contributed by atoms with E-state index in [1.54, 1.807) is 0 Å². The molecule has 228 valence electrons. The van der Waals surface area contributed by atoms with Gasteiger partial charge in [0.25, 0.3) is 0 Å². The van der Waals surface area contributed by atoms with Crippen LogP contribution in [0.3, 0.4) is 0 Å². The number of nitrogens with two attached hydrogens (primary N) is 1. The third-order valence-electron chi connectivity index (χ3n) is 7.13. The number of carbonyl (C=O) groups excluding carboxylic acids is 2. The van der Waals surface area contributed by atoms with Gasteiger partial charge >= 0.3 is 14.5 Å². The van der Waals surface area contributed by atoms with Crippen molar-refractivity contribution in [2.75, 3.05) is 18.9 Å². The van der Waals surface area contributed by atoms with E-state index in [9.17, 15) is 23.9 Å². The van der Waals surface area contributed by atoms with E-state index in [4.69, 9.17) is 45.1 Å². The Balaban J connectivity index is 1.29. The van der Waals surface area contributed by atoms with Crippen LogP contribution in [0.5, 0.6) is 0 Å². The van der Waals surface area contributed by atoms with Crippen LogP contribution in [0.15, 0.2) is 24.8 Å². The minimum atomic E-state index is -5.14. The molecule has 4 aliphatic rings. The highest BCUT2D eigenvalue weighted by atomic mass is 32.5. The molecule has 0 aromatic carbocycles. The molecule has 3 unspecified atom stereocenters. The fourth-order valence-corrected chi connectivity index (χ4v) is 7.56. The molecule has 2 aromatic rings. The Bertz CT molecular complexity index is 1550. The summed E-state index contributed by atoms with van der Waals surface area (Å²) in [5.74, 6) is -2.28. The molecule has 0 spiro atoms. The molecular weight excluding hydrogens is 630 g/mol. The Morgan fingerprint density at radius 2 is 1.76 bits per heavy atom. The van der Waals surface area contributed by atoms with E-state index in [0.717, 1.165) is 12.4 Å². The van der Waals surface area contributed by atoms with Crippen molar-refractivity contribution in [2.24, 2.45) is 5.92 Å². The van der Waals surface area contributed by atoms with E-state index >= 15 is 8.78 Å². The zero-order chi connectivity index (χ0) is 30.0. The fourth-order valence-electron chi connectivity index (χ4n) is 5.18. The van der Waals surface area contributed by atoms with Crippen LogP contribution >= 0.6 is 14.5 Å². The number of alkyl halides is 2. The van der Waals surface area contributed by atoms with Crippen LogP contribution in [0, 0.1) is 5.92 Å². The summed E-state index contributed by atoms with van der Waals surface area (Å²) in [5, 5.41) is 0. The zero-order valence-corrected chi connectivity index (χ0v) is 23.7. The summed E-state index contributed by atoms with van der Waals surface area (Å²) in [6, 6.07) is 0. The molecule has 2 aromatic heterocycles. The number of carbonyl (C=O) groups is 2. The summed E-state index contributed by atoms with van der Waals surface area (Å²) in [5.41, 5.74) is 6.05. The van der Waals surface area contributed by atoms with Crippen molar-refractivity contribution < 1.29 is 60.3 Å². The summed E-state index contributed by atoms with van der Waals surface area (Å²) >= 11 is 5.04. The molecule has 3 fully saturated rings. The molecule has 16 nitrogen and oxygen atoms in total. The van der Waals surface area contributed by atoms with Crippen molar-refractivity contribution in [1.29, 1.82) is 0 Å². The predicted molar refractivity (Wildman–Crippen MR) is 137 cm³/mol. The van der Waals surface area contributed by atoms with Gasteiger partial charge in [-0.1, -0.05) is 6.08 Å². The number of aromatic nitrogens is 4. The first-order valence-electron chi connectivity index (χ1n) is 12.4. The Kier molecular flexibility index (Phi) is 7.89. The highest BCUT2D eigenvalue weighted by molar-refractivity contribution is 8.07. The predicted octanol–water partition coefficient (Wildman–Crippen LogP) is 0.598. The molecule has 2 bridgehead atoms. The quantitative estimate of drug-likeness (QED) is 0.299. The van der Waals surface area contributed by atoms with Gasteiger partial charge < -0.3 is 29.5 Å². The summed E-state index contributed by atoms with van der Waals surface area (Å²) in [4.78, 5) is 57.3. The number of halogens is 2. The second-order valence-corrected chi connectivity index (χ2v) is 14.0. The first-order valence-corrected chi connectivity index (χ1v) is 16.5. The molecule has 21 heteroatoms. The minimum Gasteiger partial charge on any atom is -0.382 e. The van der Waals surface area contributed by atoms with E-state index in [1.807, 2.05) is 0 Å². The van der Waals surface area contributed by atoms with Crippen molar-refractivity contribution in [1.82, 2.24) is 19.5 Å². The van der Waals surface area contributed by atoms with Gasteiger partial charge in [0.05, 0.1) is 31.9 Å². The number of rotatable bonds is 2. The summed E-state index contributed by atoms with van der Waals surface area (Å²) < 4.78 is 77.8. The number of fused-ring (bicyclic) bond motifs is 4. The lowest BCUT2D eigenvalue weighted by Gasteiger charge is -2.28. The molecule has 4 N–H and O–H groups in total. The van der Waals surface area contributed by atoms with E-state index in [1.165, 1.54) is 17.0 Å². The third kappa shape index (κ3) is 5.59. The van der Waals surface area contributed by atoms with Crippen molar-refractivity contribution in [3.63, 3.8) is 0 Å². The van der Waals surface area contributed by atoms with Crippen LogP contribution in [0.1, 0.15) is 12.6 Å². The average Bonchev–Trinajstić information content (AvgIpc) is 3.57. The highest BCUT2D eigenvalue weighted by Gasteiger charge is 2.55. The molecule has 3 saturated heterocycles. The Labute approximate surface area is 240 Å². The first kappa shape index (κ1) is 29.9. The van der Waals surface area contributed by atoms with Gasteiger partial charge in [0.2, 0.25) is 0 Å². The number of anilines is 1. The second-order valence-electron chi connectivity index (χ2n) is 9.84. The van der Waals surface area contributed by atoms with Gasteiger partial charge in [-0.3, -0.25) is 27.7 Å². The number of allylic oxidation sites excluding steroid dienone is 1. The average molecular weight is 653 g/mol. The number of ketones is 2. The normalized spacial score (nSPS) is 43.1. The van der Waals surface area contributed by atoms with Crippen LogP contribution in [-0.2, 0) is 53.5 Å². The molecule has 42 heavy (non-hydrogen) atoms. The SMILES string of the molecule is Nc1ncnc2c1ncn2[C@@H]1O[C@@H]2COP(=O)(O)O[C@@H]3[C@H](F)[C@@H](COP(O)(=S)O[C@H]2[C@H]1F)O[C@H]3C1C=CC(=O)CC1=O. The maximum absolute atomic E-state index is 15.9. The molecule has 6 rings (SSSR count). The highest BCUT2D eigenvalue weighted by Crippen LogP contribution is 2.54. The molecule has 0 amide bonds. The van der Waals surface area contributed by atoms with Gasteiger partial charge in [-0.15, -0.1) is 0 Å². The number of ether oxygens (including phenoxy) is 2. The molecule has 1 aliphatic carbocycles. The molecular formula is C21H23F2N5O11P2S. The summed E-state index contributed by atoms with van der Waals surface area (Å²) in [6.45, 7) is -5.95. The Morgan fingerprint density at radius 1 is 1.00 bits per heavy atom. The molecule has 11 atom stereocenters. The lowest BCUT2D eigenvalue weighted by atomic mass is 9.86. The van der Waals surface area contributed by atoms with Crippen molar-refractivity contribution in [2.45, 2.75) is 55.5 Å². The molecule has 3 aliphatic heterocycles. The molecule has 0 saturated carbocycles. The van der Waals surface area contributed by atoms with Crippen LogP contribution in [-0.4, -0.2) is 96.9 Å². The van der Waals surface area contributed by atoms with Crippen LogP contribution in [0.4, 0.5) is 14.6 Å². The Hall–Kier alpha value is -2.15. The number of hydrogen-bond donors (Lipinski definition) is 3. The van der Waals surface area contributed by atoms with Gasteiger partial charge in [-0.05, 0) is 17.9 Å². The largest absolute Gasteiger partial charge is 0.472 e. The van der Waals surface area contributed by atoms with Gasteiger partial charge in [-0.25, -0.2) is 28.3 Å². The van der Waals surface area contributed by atoms with E-state index in [0.29, 0.717) is 0 Å². The van der Waals surface area contributed by atoms with Gasteiger partial charge in [-0.2, -0.15) is 0 Å². The second kappa shape index (κ2) is 11.1. The number of imidazole rings is 1. The monoisotopic (exact) mass is 653 g/mol. The topological polar surface area (TPSA) is 217 Å². The number of phosphoric ester groups is 1. The Morgan fingerprint density at radius 3 is 2.52 bits per heavy atom. The summed E-state index contributed by atoms with van der Waals surface area (Å²) in [6.07, 6.45) is -9.71. The van der Waals surface area contributed by atoms with E-state index in [-0.39, 0.29) is 17.0 Å². The number of Topliss-reactive ketones (excluding diaryl/α,β-unsaturated/α-hetero) is 1. The van der Waals surface area contributed by atoms with Crippen LogP contribution < -0.4 is 5.73 Å². The van der Waals surface area contributed by atoms with E-state index in [2.05, 4.69) is 15.0 Å². The van der Waals surface area contributed by atoms with E-state index < -0.39 is 101 Å². The fraction of sp³-hybridized carbons (Fsp3) is 0.571. The van der Waals surface area contributed by atoms with Gasteiger partial charge in [0, 0.05) is 0 Å². The van der Waals surface area contributed by atoms with Crippen LogP contribution in [0.25, 0.3) is 11.2 Å². The van der Waals surface area contributed by atoms with Crippen molar-refractivity contribution >= 4 is 54.9 Å². The maximum atomic E-state index is 15.9.